The van der Waals surface area contributed by atoms with E-state index in [9.17, 15) is 13.0 Å². The van der Waals surface area contributed by atoms with E-state index in [-0.39, 0.29) is 4.21 Å². The van der Waals surface area contributed by atoms with Gasteiger partial charge in [-0.3, -0.25) is 4.57 Å². The fourth-order valence-corrected chi connectivity index (χ4v) is 6.42. The molecule has 11 heteroatoms. The number of rotatable bonds is 5. The topological polar surface area (TPSA) is 104 Å². The zero-order valence-electron chi connectivity index (χ0n) is 9.24. The van der Waals surface area contributed by atoms with E-state index in [1.807, 2.05) is 4.72 Å². The van der Waals surface area contributed by atoms with Crippen LogP contribution in [0.3, 0.4) is 0 Å². The molecule has 2 heterocycles. The molecule has 0 saturated heterocycles. The zero-order valence-corrected chi connectivity index (χ0v) is 13.3. The lowest BCUT2D eigenvalue weighted by molar-refractivity contribution is 0.371. The van der Waals surface area contributed by atoms with E-state index in [4.69, 9.17) is 21.4 Å². The third-order valence-corrected chi connectivity index (χ3v) is 7.60. The molecule has 0 aliphatic rings. The van der Waals surface area contributed by atoms with Crippen LogP contribution >= 0.6 is 41.9 Å². The smallest absolute Gasteiger partial charge is 0.324 e. The molecule has 6 nitrogen and oxygen atoms in total. The lowest BCUT2D eigenvalue weighted by Crippen LogP contribution is -2.23. The minimum Gasteiger partial charge on any atom is -0.324 e. The third-order valence-electron chi connectivity index (χ3n) is 2.10. The summed E-state index contributed by atoms with van der Waals surface area (Å²) >= 11 is 8.13. The first-order valence-electron chi connectivity index (χ1n) is 4.84. The fourth-order valence-electron chi connectivity index (χ4n) is 1.31. The van der Waals surface area contributed by atoms with E-state index < -0.39 is 23.9 Å². The van der Waals surface area contributed by atoms with Crippen molar-refractivity contribution in [2.75, 3.05) is 6.29 Å². The lowest BCUT2D eigenvalue weighted by Gasteiger charge is -2.05. The van der Waals surface area contributed by atoms with Gasteiger partial charge in [0, 0.05) is 10.3 Å². The van der Waals surface area contributed by atoms with Crippen LogP contribution in [0.4, 0.5) is 0 Å². The van der Waals surface area contributed by atoms with Gasteiger partial charge in [0.25, 0.3) is 10.0 Å². The molecule has 0 atom stereocenters. The Morgan fingerprint density at radius 1 is 1.32 bits per heavy atom. The van der Waals surface area contributed by atoms with Crippen LogP contribution in [0.25, 0.3) is 9.40 Å². The first kappa shape index (κ1) is 15.4. The van der Waals surface area contributed by atoms with Crippen molar-refractivity contribution in [2.24, 2.45) is 0 Å². The predicted molar refractivity (Wildman–Crippen MR) is 76.5 cm³/mol. The van der Waals surface area contributed by atoms with Crippen molar-refractivity contribution in [3.05, 3.63) is 17.0 Å². The number of sulfonamides is 1. The van der Waals surface area contributed by atoms with E-state index in [2.05, 4.69) is 0 Å². The quantitative estimate of drug-likeness (QED) is 0.559. The first-order chi connectivity index (χ1) is 8.71. The highest BCUT2D eigenvalue weighted by molar-refractivity contribution is 7.92. The normalized spacial score (nSPS) is 13.2. The van der Waals surface area contributed by atoms with Crippen molar-refractivity contribution in [3.63, 3.8) is 0 Å². The molecule has 0 fully saturated rings. The Bertz CT molecular complexity index is 714. The van der Waals surface area contributed by atoms with Gasteiger partial charge in [-0.1, -0.05) is 0 Å². The summed E-state index contributed by atoms with van der Waals surface area (Å²) in [6.45, 7) is 0. The Labute approximate surface area is 122 Å². The Balaban J connectivity index is 2.27. The van der Waals surface area contributed by atoms with Crippen molar-refractivity contribution in [1.82, 2.24) is 4.72 Å². The van der Waals surface area contributed by atoms with Gasteiger partial charge in [-0.05, 0) is 12.1 Å². The minimum atomic E-state index is -4.42. The maximum Gasteiger partial charge on any atom is 0.340 e. The number of nitrogens with one attached hydrogen (secondary N) is 1. The van der Waals surface area contributed by atoms with Crippen LogP contribution in [0.15, 0.2) is 16.3 Å². The van der Waals surface area contributed by atoms with E-state index in [1.54, 1.807) is 6.07 Å². The van der Waals surface area contributed by atoms with Gasteiger partial charge in [-0.25, -0.2) is 8.42 Å². The van der Waals surface area contributed by atoms with Gasteiger partial charge < -0.3 is 9.79 Å². The molecule has 0 aromatic carbocycles. The number of hydrogen-bond donors (Lipinski definition) is 3. The molecule has 3 N–H and O–H groups in total. The van der Waals surface area contributed by atoms with E-state index >= 15 is 0 Å². The van der Waals surface area contributed by atoms with Crippen LogP contribution in [0.2, 0.25) is 0 Å². The van der Waals surface area contributed by atoms with Gasteiger partial charge in [-0.15, -0.1) is 34.3 Å². The second-order valence-corrected chi connectivity index (χ2v) is 9.98. The van der Waals surface area contributed by atoms with Gasteiger partial charge in [0.1, 0.15) is 10.5 Å². The van der Waals surface area contributed by atoms with Crippen LogP contribution in [0, 0.1) is 0 Å². The summed E-state index contributed by atoms with van der Waals surface area (Å²) in [5, 5.41) is 0.766. The standard InChI is InChI=1S/C8H9ClNO5PS3/c9-3-6-1-5-2-7(18-8(5)17-6)19(14,15)10-4-16(11,12)13/h1-2,10H,3-4H2,(H2,11,12,13). The Morgan fingerprint density at radius 3 is 2.53 bits per heavy atom. The summed E-state index contributed by atoms with van der Waals surface area (Å²) in [5.41, 5.74) is 0. The molecule has 0 aliphatic carbocycles. The molecule has 0 unspecified atom stereocenters. The van der Waals surface area contributed by atoms with Crippen LogP contribution in [0.1, 0.15) is 4.88 Å². The van der Waals surface area contributed by atoms with Crippen molar-refractivity contribution in [2.45, 2.75) is 10.1 Å². The van der Waals surface area contributed by atoms with Gasteiger partial charge >= 0.3 is 7.60 Å². The number of hydrogen-bond acceptors (Lipinski definition) is 5. The predicted octanol–water partition coefficient (Wildman–Crippen LogP) is 2.12. The van der Waals surface area contributed by atoms with Gasteiger partial charge in [0.15, 0.2) is 0 Å². The minimum absolute atomic E-state index is 0.0309. The largest absolute Gasteiger partial charge is 0.340 e. The van der Waals surface area contributed by atoms with E-state index in [1.165, 1.54) is 17.4 Å². The molecule has 19 heavy (non-hydrogen) atoms. The summed E-state index contributed by atoms with van der Waals surface area (Å²) in [6, 6.07) is 3.26. The number of halogens is 1. The molecule has 0 bridgehead atoms. The maximum absolute atomic E-state index is 11.8. The number of fused-ring (bicyclic) bond motifs is 1. The Morgan fingerprint density at radius 2 is 2.00 bits per heavy atom. The van der Waals surface area contributed by atoms with Crippen molar-refractivity contribution < 1.29 is 22.8 Å². The second-order valence-electron chi connectivity index (χ2n) is 3.63. The molecule has 0 saturated carbocycles. The maximum atomic E-state index is 11.8. The Kier molecular flexibility index (Phi) is 4.39. The molecule has 2 rings (SSSR count). The molecule has 106 valence electrons. The van der Waals surface area contributed by atoms with Crippen LogP contribution in [-0.4, -0.2) is 24.5 Å². The third kappa shape index (κ3) is 3.77. The highest BCUT2D eigenvalue weighted by Crippen LogP contribution is 2.37. The highest BCUT2D eigenvalue weighted by Gasteiger charge is 2.22. The number of alkyl halides is 1. The molecule has 0 radical (unpaired) electrons. The summed E-state index contributed by atoms with van der Waals surface area (Å²) in [4.78, 5) is 18.3. The zero-order chi connectivity index (χ0) is 14.3. The number of thiophene rings is 2. The first-order valence-corrected chi connectivity index (χ1v) is 10.3. The molecule has 0 spiro atoms. The summed E-state index contributed by atoms with van der Waals surface area (Å²) in [5.74, 6) is 0.366. The van der Waals surface area contributed by atoms with Crippen molar-refractivity contribution in [3.8, 4) is 0 Å². The fraction of sp³-hybridized carbons (Fsp3) is 0.250. The van der Waals surface area contributed by atoms with Gasteiger partial charge in [0.05, 0.1) is 9.89 Å². The highest BCUT2D eigenvalue weighted by atomic mass is 35.5. The Hall–Kier alpha value is 0.01000. The van der Waals surface area contributed by atoms with E-state index in [0.29, 0.717) is 5.88 Å². The molecular weight excluding hydrogens is 353 g/mol. The molecule has 0 aliphatic heterocycles. The SMILES string of the molecule is O=P(O)(O)CNS(=O)(=O)c1cc2cc(CCl)sc2s1. The van der Waals surface area contributed by atoms with Crippen molar-refractivity contribution in [1.29, 1.82) is 0 Å². The molecule has 2 aromatic rings. The van der Waals surface area contributed by atoms with Crippen LogP contribution in [-0.2, 0) is 20.5 Å². The molecule has 2 aromatic heterocycles. The summed E-state index contributed by atoms with van der Waals surface area (Å²) in [6.07, 6.45) is -0.909. The molecule has 0 amide bonds. The molecular formula is C8H9ClNO5PS3. The van der Waals surface area contributed by atoms with Gasteiger partial charge in [-0.2, -0.15) is 4.72 Å². The summed E-state index contributed by atoms with van der Waals surface area (Å²) in [7, 11) is -8.31. The monoisotopic (exact) mass is 361 g/mol. The average molecular weight is 362 g/mol. The van der Waals surface area contributed by atoms with E-state index in [0.717, 1.165) is 25.6 Å². The van der Waals surface area contributed by atoms with Crippen LogP contribution < -0.4 is 4.72 Å². The second kappa shape index (κ2) is 5.42. The van der Waals surface area contributed by atoms with Crippen LogP contribution in [0.5, 0.6) is 0 Å². The lowest BCUT2D eigenvalue weighted by atomic mass is 10.4. The van der Waals surface area contributed by atoms with Crippen molar-refractivity contribution >= 4 is 61.3 Å². The summed E-state index contributed by atoms with van der Waals surface area (Å²) < 4.78 is 37.1. The average Bonchev–Trinajstić information content (AvgIpc) is 2.82. The van der Waals surface area contributed by atoms with Gasteiger partial charge in [0.2, 0.25) is 0 Å².